The Labute approximate surface area is 278 Å². The fourth-order valence-electron chi connectivity index (χ4n) is 5.28. The van der Waals surface area contributed by atoms with Gasteiger partial charge in [-0.25, -0.2) is 9.97 Å². The highest BCUT2D eigenvalue weighted by atomic mass is 35.5. The average molecular weight is 665 g/mol. The summed E-state index contributed by atoms with van der Waals surface area (Å²) >= 11 is 12.6. The first-order chi connectivity index (χ1) is 21.5. The minimum atomic E-state index is -2.63. The smallest absolute Gasteiger partial charge is 0.318 e. The number of amides is 1. The molecule has 1 amide bonds. The maximum Gasteiger partial charge on any atom is 0.318 e. The molecule has 1 aliphatic rings. The van der Waals surface area contributed by atoms with Crippen LogP contribution in [-0.4, -0.2) is 96.5 Å². The van der Waals surface area contributed by atoms with Crippen LogP contribution in [0.1, 0.15) is 40.8 Å². The van der Waals surface area contributed by atoms with Crippen molar-refractivity contribution in [3.63, 3.8) is 0 Å². The molecule has 4 heterocycles. The van der Waals surface area contributed by atoms with Gasteiger partial charge in [-0.2, -0.15) is 4.98 Å². The molecule has 13 nitrogen and oxygen atoms in total. The Morgan fingerprint density at radius 3 is 2.33 bits per heavy atom. The number of halogens is 2. The lowest BCUT2D eigenvalue weighted by Crippen LogP contribution is -2.38. The van der Waals surface area contributed by atoms with E-state index in [1.165, 1.54) is 35.0 Å². The Balaban J connectivity index is 1.81. The molecule has 0 saturated carbocycles. The third kappa shape index (κ3) is 6.69. The molecule has 2 N–H and O–H groups in total. The number of pyridine rings is 1. The van der Waals surface area contributed by atoms with Gasteiger partial charge in [0.25, 0.3) is 17.3 Å². The van der Waals surface area contributed by atoms with Crippen molar-refractivity contribution in [2.45, 2.75) is 30.2 Å². The van der Waals surface area contributed by atoms with E-state index in [9.17, 15) is 19.8 Å². The zero-order valence-corrected chi connectivity index (χ0v) is 27.8. The Hall–Kier alpha value is -3.75. The van der Waals surface area contributed by atoms with Crippen molar-refractivity contribution in [3.8, 4) is 23.3 Å². The molecule has 4 aromatic rings. The number of aromatic nitrogens is 5. The number of anilines is 1. The number of nitrogens with zero attached hydrogens (tertiary/aromatic N) is 6. The second-order valence-electron chi connectivity index (χ2n) is 12.1. The number of carbonyl (C=O) groups is 1. The van der Waals surface area contributed by atoms with Gasteiger partial charge in [0.05, 0.1) is 28.9 Å². The van der Waals surface area contributed by atoms with Crippen LogP contribution in [0.5, 0.6) is 11.9 Å². The van der Waals surface area contributed by atoms with Gasteiger partial charge in [0.1, 0.15) is 41.1 Å². The highest BCUT2D eigenvalue weighted by molar-refractivity contribution is 6.58. The van der Waals surface area contributed by atoms with Crippen LogP contribution in [0.25, 0.3) is 11.4 Å². The van der Waals surface area contributed by atoms with Gasteiger partial charge in [-0.15, -0.1) is 0 Å². The van der Waals surface area contributed by atoms with Crippen LogP contribution >= 0.6 is 23.2 Å². The molecular weight excluding hydrogens is 634 g/mol. The number of aliphatic hydroxyl groups is 2. The van der Waals surface area contributed by atoms with E-state index in [-0.39, 0.29) is 46.3 Å². The normalized spacial score (nSPS) is 15.6. The summed E-state index contributed by atoms with van der Waals surface area (Å²) in [4.78, 5) is 42.6. The van der Waals surface area contributed by atoms with Gasteiger partial charge < -0.3 is 33.6 Å². The van der Waals surface area contributed by atoms with Gasteiger partial charge in [-0.05, 0) is 30.7 Å². The van der Waals surface area contributed by atoms with Crippen LogP contribution in [0.15, 0.2) is 47.5 Å². The number of ether oxygens (including phenoxy) is 3. The predicted octanol–water partition coefficient (Wildman–Crippen LogP) is -1.20. The summed E-state index contributed by atoms with van der Waals surface area (Å²) in [5.41, 5.74) is 0.860. The van der Waals surface area contributed by atoms with E-state index in [4.69, 9.17) is 42.4 Å². The molecule has 3 aromatic heterocycles. The first kappa shape index (κ1) is 33.6. The molecule has 5 rings (SSSR count). The third-order valence-corrected chi connectivity index (χ3v) is 7.43. The van der Waals surface area contributed by atoms with Crippen molar-refractivity contribution in [3.05, 3.63) is 80.1 Å². The number of fused-ring (bicyclic) bond motifs is 1. The zero-order valence-electron chi connectivity index (χ0n) is 26.3. The van der Waals surface area contributed by atoms with Crippen molar-refractivity contribution < 1.29 is 29.2 Å². The quantitative estimate of drug-likeness (QED) is 0.156. The van der Waals surface area contributed by atoms with Gasteiger partial charge in [0, 0.05) is 36.9 Å². The van der Waals surface area contributed by atoms with Gasteiger partial charge in [0.2, 0.25) is 13.7 Å². The van der Waals surface area contributed by atoms with Crippen molar-refractivity contribution in [2.75, 3.05) is 18.6 Å². The summed E-state index contributed by atoms with van der Waals surface area (Å²) in [6.45, 7) is 2.05. The summed E-state index contributed by atoms with van der Waals surface area (Å²) in [6, 6.07) is 6.94. The largest absolute Gasteiger partial charge is 0.484 e. The van der Waals surface area contributed by atoms with Gasteiger partial charge >= 0.3 is 6.01 Å². The van der Waals surface area contributed by atoms with Crippen molar-refractivity contribution in [1.29, 1.82) is 0 Å². The molecule has 0 aliphatic carbocycles. The Bertz CT molecular complexity index is 1860. The molecule has 1 aliphatic heterocycles. The maximum atomic E-state index is 14.4. The number of hydrogen-bond acceptors (Lipinski definition) is 10. The maximum absolute atomic E-state index is 14.4. The minimum absolute atomic E-state index is 0.0386. The lowest BCUT2D eigenvalue weighted by Gasteiger charge is -2.29. The average Bonchev–Trinajstić information content (AvgIpc) is 3.45. The van der Waals surface area contributed by atoms with Crippen molar-refractivity contribution in [2.24, 2.45) is 7.05 Å². The topological polar surface area (TPSA) is 154 Å². The predicted molar refractivity (Wildman–Crippen MR) is 182 cm³/mol. The van der Waals surface area contributed by atoms with Crippen molar-refractivity contribution in [1.82, 2.24) is 24.1 Å². The molecule has 1 unspecified atom stereocenters. The third-order valence-electron chi connectivity index (χ3n) is 6.97. The van der Waals surface area contributed by atoms with E-state index in [1.54, 1.807) is 59.4 Å². The fourth-order valence-corrected chi connectivity index (χ4v) is 5.66. The first-order valence-electron chi connectivity index (χ1n) is 14.3. The fraction of sp³-hybridized carbons (Fsp3) is 0.296. The molecular formula is C27H30B4Cl2N6O7. The number of rotatable bonds is 10. The van der Waals surface area contributed by atoms with Crippen LogP contribution in [0.2, 0.25) is 10.0 Å². The van der Waals surface area contributed by atoms with Gasteiger partial charge in [-0.1, -0.05) is 35.3 Å². The van der Waals surface area contributed by atoms with E-state index in [0.717, 1.165) is 7.85 Å². The highest BCUT2D eigenvalue weighted by Crippen LogP contribution is 2.45. The van der Waals surface area contributed by atoms with Gasteiger partial charge in [-0.3, -0.25) is 14.5 Å². The van der Waals surface area contributed by atoms with Crippen LogP contribution < -0.4 is 19.9 Å². The zero-order chi connectivity index (χ0) is 33.7. The van der Waals surface area contributed by atoms with Crippen LogP contribution in [-0.2, 0) is 11.8 Å². The number of aryl methyl sites for hydroxylation is 1. The number of benzene rings is 1. The second kappa shape index (κ2) is 12.5. The lowest BCUT2D eigenvalue weighted by molar-refractivity contribution is -0.225. The van der Waals surface area contributed by atoms with Crippen LogP contribution in [0.3, 0.4) is 0 Å². The Kier molecular flexibility index (Phi) is 9.10. The van der Waals surface area contributed by atoms with Crippen LogP contribution in [0, 0.1) is 0 Å². The minimum Gasteiger partial charge on any atom is -0.484 e. The molecule has 0 radical (unpaired) electrons. The first-order valence-corrected chi connectivity index (χ1v) is 15.0. The van der Waals surface area contributed by atoms with Crippen LogP contribution in [0.4, 0.5) is 5.69 Å². The van der Waals surface area contributed by atoms with E-state index in [0.29, 0.717) is 16.3 Å². The molecule has 0 spiro atoms. The molecule has 1 aromatic carbocycles. The molecule has 2 atom stereocenters. The standard InChI is InChI=1S/C27H30B4Cl2N6O7/c1-12(11-44-3)38-20-18(35-21(38)16-9-34-25(46-26(28,29)30)36-22(16)45-27(31,42)43)24(41)39(17-8-15(33)10-37(2)23(17)40)19(20)13-4-6-14(32)7-5-13/h4-10,12,19,42-43H,11,28-31H2,1-3H3/t12?,19-/m0/s1. The van der Waals surface area contributed by atoms with E-state index >= 15 is 0 Å². The lowest BCUT2D eigenvalue weighted by atomic mass is 9.52. The molecule has 46 heavy (non-hydrogen) atoms. The molecule has 0 bridgehead atoms. The second-order valence-corrected chi connectivity index (χ2v) is 12.9. The summed E-state index contributed by atoms with van der Waals surface area (Å²) in [7, 11) is 9.52. The SMILES string of the molecule is BC(B)(B)Oc1ncc(-c2nc3c(n2C(C)COC)[C@H](c2ccc(Cl)cc2)N(c2cc(Cl)cn(C)c2=O)C3=O)c(OC(B)(O)O)n1. The van der Waals surface area contributed by atoms with Gasteiger partial charge in [0.15, 0.2) is 5.69 Å². The summed E-state index contributed by atoms with van der Waals surface area (Å²) in [5, 5.41) is 20.5. The highest BCUT2D eigenvalue weighted by Gasteiger charge is 2.46. The number of imidazole rings is 1. The van der Waals surface area contributed by atoms with Crippen molar-refractivity contribution >= 4 is 66.2 Å². The van der Waals surface area contributed by atoms with E-state index < -0.39 is 34.7 Å². The summed E-state index contributed by atoms with van der Waals surface area (Å²) < 4.78 is 19.8. The molecule has 0 saturated heterocycles. The number of hydrogen-bond donors (Lipinski definition) is 2. The summed E-state index contributed by atoms with van der Waals surface area (Å²) in [6.07, 6.45) is 2.83. The number of methoxy groups -OCH3 is 1. The molecule has 0 fully saturated rings. The molecule has 236 valence electrons. The Morgan fingerprint density at radius 2 is 1.72 bits per heavy atom. The summed E-state index contributed by atoms with van der Waals surface area (Å²) in [5.74, 6) is -3.27. The monoisotopic (exact) mass is 664 g/mol. The Morgan fingerprint density at radius 1 is 1.04 bits per heavy atom. The number of carbonyl (C=O) groups excluding carboxylic acids is 1. The van der Waals surface area contributed by atoms with E-state index in [1.807, 2.05) is 6.92 Å². The van der Waals surface area contributed by atoms with E-state index in [2.05, 4.69) is 9.97 Å². The molecule has 19 heteroatoms.